The van der Waals surface area contributed by atoms with Crippen molar-refractivity contribution in [1.29, 1.82) is 0 Å². The van der Waals surface area contributed by atoms with E-state index >= 15 is 0 Å². The zero-order chi connectivity index (χ0) is 17.7. The third kappa shape index (κ3) is 3.39. The highest BCUT2D eigenvalue weighted by Crippen LogP contribution is 2.33. The lowest BCUT2D eigenvalue weighted by molar-refractivity contribution is -0.106. The summed E-state index contributed by atoms with van der Waals surface area (Å²) in [6.45, 7) is 0.0468. The predicted octanol–water partition coefficient (Wildman–Crippen LogP) is 1.63. The zero-order valence-electron chi connectivity index (χ0n) is 13.0. The summed E-state index contributed by atoms with van der Waals surface area (Å²) in [5, 5.41) is 12.9. The average Bonchev–Trinajstić information content (AvgIpc) is 3.18. The molecule has 126 valence electrons. The molecule has 0 aliphatic carbocycles. The van der Waals surface area contributed by atoms with Crippen LogP contribution in [0.4, 0.5) is 5.82 Å². The quantitative estimate of drug-likeness (QED) is 0.459. The highest BCUT2D eigenvalue weighted by Gasteiger charge is 2.16. The van der Waals surface area contributed by atoms with E-state index in [9.17, 15) is 4.79 Å². The van der Waals surface area contributed by atoms with Gasteiger partial charge in [-0.1, -0.05) is 12.1 Å². The van der Waals surface area contributed by atoms with Crippen LogP contribution in [0, 0.1) is 0 Å². The maximum atomic E-state index is 11.6. The van der Waals surface area contributed by atoms with Gasteiger partial charge in [-0.2, -0.15) is 0 Å². The summed E-state index contributed by atoms with van der Waals surface area (Å²) in [6, 6.07) is 9.71. The number of nitrogens with two attached hydrogens (primary N) is 2. The Kier molecular flexibility index (Phi) is 5.56. The molecule has 0 spiro atoms. The number of anilines is 1. The van der Waals surface area contributed by atoms with E-state index in [0.717, 1.165) is 26.2 Å². The number of thiophene rings is 1. The molecule has 0 saturated carbocycles. The molecular weight excluding hydrogens is 328 g/mol. The molecule has 0 bridgehead atoms. The topological polar surface area (TPSA) is 134 Å². The second-order valence-corrected chi connectivity index (χ2v) is 5.98. The smallest absolute Gasteiger partial charge is 0.253 e. The van der Waals surface area contributed by atoms with Crippen molar-refractivity contribution in [3.63, 3.8) is 0 Å². The van der Waals surface area contributed by atoms with Gasteiger partial charge in [-0.15, -0.1) is 11.3 Å². The van der Waals surface area contributed by atoms with Crippen LogP contribution in [0.2, 0.25) is 0 Å². The number of hydrogen-bond donors (Lipinski definition) is 5. The normalized spacial score (nSPS) is 10.1. The Morgan fingerprint density at radius 1 is 1.38 bits per heavy atom. The van der Waals surface area contributed by atoms with Gasteiger partial charge in [-0.25, -0.2) is 0 Å². The van der Waals surface area contributed by atoms with Crippen LogP contribution in [-0.2, 0) is 11.4 Å². The number of aliphatic hydroxyl groups is 1. The lowest BCUT2D eigenvalue weighted by Crippen LogP contribution is -2.12. The van der Waals surface area contributed by atoms with Gasteiger partial charge in [0.25, 0.3) is 5.91 Å². The first kappa shape index (κ1) is 17.5. The summed E-state index contributed by atoms with van der Waals surface area (Å²) in [6.07, 6.45) is 0.250. The zero-order valence-corrected chi connectivity index (χ0v) is 13.8. The number of aliphatic hydroxyl groups excluding tert-OH is 1. The maximum Gasteiger partial charge on any atom is 0.253 e. The molecule has 2 heterocycles. The molecular formula is C16H18N4O3S. The Labute approximate surface area is 142 Å². The molecule has 7 nitrogen and oxygen atoms in total. The van der Waals surface area contributed by atoms with Crippen LogP contribution in [-0.4, -0.2) is 29.5 Å². The van der Waals surface area contributed by atoms with E-state index in [0.29, 0.717) is 11.4 Å². The molecule has 3 aromatic rings. The molecule has 0 unspecified atom stereocenters. The molecule has 0 atom stereocenters. The van der Waals surface area contributed by atoms with Gasteiger partial charge in [0, 0.05) is 27.7 Å². The van der Waals surface area contributed by atoms with Crippen LogP contribution < -0.4 is 16.8 Å². The Hall–Kier alpha value is -2.84. The van der Waals surface area contributed by atoms with Crippen molar-refractivity contribution in [2.75, 3.05) is 12.4 Å². The average molecular weight is 346 g/mol. The van der Waals surface area contributed by atoms with E-state index in [2.05, 4.69) is 16.0 Å². The number of rotatable bonds is 4. The minimum absolute atomic E-state index is 0.0468. The number of benzene rings is 1. The van der Waals surface area contributed by atoms with E-state index < -0.39 is 5.91 Å². The Morgan fingerprint density at radius 3 is 2.62 bits per heavy atom. The molecule has 2 aromatic heterocycles. The molecule has 3 rings (SSSR count). The molecule has 1 aromatic carbocycles. The number of carbonyl (C=O) groups excluding carboxylic acids is 2. The van der Waals surface area contributed by atoms with E-state index in [1.807, 2.05) is 30.3 Å². The Morgan fingerprint density at radius 2 is 2.08 bits per heavy atom. The predicted molar refractivity (Wildman–Crippen MR) is 95.9 cm³/mol. The lowest BCUT2D eigenvalue weighted by Gasteiger charge is -1.99. The van der Waals surface area contributed by atoms with Crippen molar-refractivity contribution in [2.45, 2.75) is 6.61 Å². The minimum atomic E-state index is -0.461. The molecule has 0 aliphatic heterocycles. The van der Waals surface area contributed by atoms with Crippen LogP contribution in [0.3, 0.4) is 0 Å². The van der Waals surface area contributed by atoms with Crippen LogP contribution in [0.25, 0.3) is 21.3 Å². The first-order chi connectivity index (χ1) is 11.5. The summed E-state index contributed by atoms with van der Waals surface area (Å²) < 4.78 is 0. The highest BCUT2D eigenvalue weighted by molar-refractivity contribution is 7.15. The van der Waals surface area contributed by atoms with Gasteiger partial charge in [0.1, 0.15) is 5.82 Å². The second kappa shape index (κ2) is 7.62. The van der Waals surface area contributed by atoms with E-state index in [1.165, 1.54) is 0 Å². The van der Waals surface area contributed by atoms with Gasteiger partial charge >= 0.3 is 0 Å². The van der Waals surface area contributed by atoms with Gasteiger partial charge in [0.05, 0.1) is 12.2 Å². The van der Waals surface area contributed by atoms with Crippen molar-refractivity contribution in [3.05, 3.63) is 40.8 Å². The number of aromatic nitrogens is 1. The van der Waals surface area contributed by atoms with Crippen molar-refractivity contribution >= 4 is 40.4 Å². The monoisotopic (exact) mass is 346 g/mol. The first-order valence-electron chi connectivity index (χ1n) is 7.04. The van der Waals surface area contributed by atoms with Crippen LogP contribution >= 0.6 is 11.3 Å². The summed E-state index contributed by atoms with van der Waals surface area (Å²) in [7, 11) is 1.74. The van der Waals surface area contributed by atoms with Gasteiger partial charge in [-0.05, 0) is 23.8 Å². The Bertz CT molecular complexity index is 869. The van der Waals surface area contributed by atoms with Gasteiger partial charge < -0.3 is 26.9 Å². The fourth-order valence-electron chi connectivity index (χ4n) is 2.41. The number of fused-ring (bicyclic) bond motifs is 1. The Balaban J connectivity index is 0.000000647. The molecule has 0 radical (unpaired) electrons. The minimum Gasteiger partial charge on any atom is -0.391 e. The maximum absolute atomic E-state index is 11.6. The molecule has 0 fully saturated rings. The number of aromatic amines is 1. The first-order valence-corrected chi connectivity index (χ1v) is 7.86. The molecule has 7 N–H and O–H groups in total. The standard InChI is InChI=1S/C15H15N3O2S.CH3NO/c1-17-15-13(14(16)20)10-4-2-8(6-11(10)18-15)12-5-3-9(7-19)21-12;2-1-3/h2-6,17-19H,7H2,1H3,(H2,16,20);1H,(H2,2,3). The van der Waals surface area contributed by atoms with Crippen LogP contribution in [0.5, 0.6) is 0 Å². The SMILES string of the molecule is CNc1[nH]c2cc(-c3ccc(CO)s3)ccc2c1C(N)=O.NC=O. The summed E-state index contributed by atoms with van der Waals surface area (Å²) in [5.41, 5.74) is 12.0. The number of primary amides is 2. The number of carbonyl (C=O) groups is 2. The van der Waals surface area contributed by atoms with Crippen molar-refractivity contribution in [2.24, 2.45) is 11.5 Å². The fourth-order valence-corrected chi connectivity index (χ4v) is 3.28. The number of nitrogens with one attached hydrogen (secondary N) is 2. The van der Waals surface area contributed by atoms with Gasteiger partial charge in [0.2, 0.25) is 6.41 Å². The summed E-state index contributed by atoms with van der Waals surface area (Å²) in [4.78, 5) is 25.3. The molecule has 8 heteroatoms. The van der Waals surface area contributed by atoms with Crippen molar-refractivity contribution in [1.82, 2.24) is 4.98 Å². The van der Waals surface area contributed by atoms with Gasteiger partial charge in [-0.3, -0.25) is 9.59 Å². The van der Waals surface area contributed by atoms with Crippen molar-refractivity contribution in [3.8, 4) is 10.4 Å². The second-order valence-electron chi connectivity index (χ2n) is 4.81. The lowest BCUT2D eigenvalue weighted by atomic mass is 10.1. The van der Waals surface area contributed by atoms with E-state index in [-0.39, 0.29) is 13.0 Å². The highest BCUT2D eigenvalue weighted by atomic mass is 32.1. The number of amides is 2. The van der Waals surface area contributed by atoms with Crippen molar-refractivity contribution < 1.29 is 14.7 Å². The summed E-state index contributed by atoms with van der Waals surface area (Å²) in [5.74, 6) is 0.161. The van der Waals surface area contributed by atoms with E-state index in [4.69, 9.17) is 15.6 Å². The number of hydrogen-bond acceptors (Lipinski definition) is 5. The van der Waals surface area contributed by atoms with Crippen LogP contribution in [0.15, 0.2) is 30.3 Å². The fraction of sp³-hybridized carbons (Fsp3) is 0.125. The van der Waals surface area contributed by atoms with E-state index in [1.54, 1.807) is 18.4 Å². The number of H-pyrrole nitrogens is 1. The summed E-state index contributed by atoms with van der Waals surface area (Å²) >= 11 is 1.55. The van der Waals surface area contributed by atoms with Crippen LogP contribution in [0.1, 0.15) is 15.2 Å². The molecule has 0 aliphatic rings. The molecule has 0 saturated heterocycles. The molecule has 2 amide bonds. The largest absolute Gasteiger partial charge is 0.391 e. The third-order valence-electron chi connectivity index (χ3n) is 3.40. The van der Waals surface area contributed by atoms with Gasteiger partial charge in [0.15, 0.2) is 0 Å². The molecule has 24 heavy (non-hydrogen) atoms. The third-order valence-corrected chi connectivity index (χ3v) is 4.52.